The van der Waals surface area contributed by atoms with E-state index in [2.05, 4.69) is 12.1 Å². The Morgan fingerprint density at radius 3 is 1.81 bits per heavy atom. The summed E-state index contributed by atoms with van der Waals surface area (Å²) >= 11 is 5.80. The third-order valence-corrected chi connectivity index (χ3v) is 2.20. The van der Waals surface area contributed by atoms with Crippen LogP contribution >= 0.6 is 11.6 Å². The van der Waals surface area contributed by atoms with Crippen LogP contribution in [0.1, 0.15) is 6.92 Å². The third-order valence-electron chi connectivity index (χ3n) is 1.95. The number of hydrogen-bond acceptors (Lipinski definition) is 1. The Balaban J connectivity index is 0.000000386. The first-order valence-corrected chi connectivity index (χ1v) is 5.27. The molecule has 80 valence electrons. The standard InChI is InChI=1S/C12H9Cl.C2H3N/c13-12-8-6-11(7-9-12)10-4-2-1-3-5-10;1-2-3/h1-9H;1H3. The van der Waals surface area contributed by atoms with Crippen molar-refractivity contribution in [2.24, 2.45) is 0 Å². The van der Waals surface area contributed by atoms with Crippen LogP contribution in [0.4, 0.5) is 0 Å². The monoisotopic (exact) mass is 229 g/mol. The van der Waals surface area contributed by atoms with Crippen molar-refractivity contribution in [1.29, 1.82) is 5.26 Å². The van der Waals surface area contributed by atoms with Crippen molar-refractivity contribution in [3.05, 3.63) is 59.6 Å². The average molecular weight is 230 g/mol. The van der Waals surface area contributed by atoms with Gasteiger partial charge in [0, 0.05) is 11.9 Å². The second-order valence-corrected chi connectivity index (χ2v) is 3.53. The Bertz CT molecular complexity index is 454. The number of halogens is 1. The normalized spacial score (nSPS) is 8.56. The molecule has 0 spiro atoms. The van der Waals surface area contributed by atoms with Gasteiger partial charge in [0.05, 0.1) is 6.07 Å². The Hall–Kier alpha value is -1.78. The van der Waals surface area contributed by atoms with Crippen LogP contribution in [0.25, 0.3) is 11.1 Å². The number of nitrogens with zero attached hydrogens (tertiary/aromatic N) is 1. The highest BCUT2D eigenvalue weighted by Gasteiger charge is 1.94. The van der Waals surface area contributed by atoms with Crippen LogP contribution in [0.15, 0.2) is 54.6 Å². The summed E-state index contributed by atoms with van der Waals surface area (Å²) < 4.78 is 0. The summed E-state index contributed by atoms with van der Waals surface area (Å²) in [6.45, 7) is 1.43. The molecule has 0 aliphatic rings. The van der Waals surface area contributed by atoms with Gasteiger partial charge < -0.3 is 0 Å². The van der Waals surface area contributed by atoms with Gasteiger partial charge in [-0.15, -0.1) is 0 Å². The molecular weight excluding hydrogens is 218 g/mol. The van der Waals surface area contributed by atoms with Crippen LogP contribution in [0.2, 0.25) is 5.02 Å². The van der Waals surface area contributed by atoms with Crippen molar-refractivity contribution in [2.75, 3.05) is 0 Å². The molecule has 0 aromatic heterocycles. The van der Waals surface area contributed by atoms with E-state index < -0.39 is 0 Å². The van der Waals surface area contributed by atoms with Crippen molar-refractivity contribution in [3.8, 4) is 17.2 Å². The van der Waals surface area contributed by atoms with Gasteiger partial charge in [-0.2, -0.15) is 5.26 Å². The van der Waals surface area contributed by atoms with E-state index >= 15 is 0 Å². The summed E-state index contributed by atoms with van der Waals surface area (Å²) in [6, 6.07) is 19.9. The van der Waals surface area contributed by atoms with E-state index in [1.807, 2.05) is 42.5 Å². The fourth-order valence-electron chi connectivity index (χ4n) is 1.27. The number of benzene rings is 2. The molecule has 2 heteroatoms. The van der Waals surface area contributed by atoms with Crippen molar-refractivity contribution in [2.45, 2.75) is 6.92 Å². The van der Waals surface area contributed by atoms with Crippen LogP contribution in [0.3, 0.4) is 0 Å². The molecule has 0 radical (unpaired) electrons. The van der Waals surface area contributed by atoms with Gasteiger partial charge in [-0.3, -0.25) is 0 Å². The van der Waals surface area contributed by atoms with E-state index in [0.29, 0.717) is 0 Å². The summed E-state index contributed by atoms with van der Waals surface area (Å²) in [4.78, 5) is 0. The van der Waals surface area contributed by atoms with E-state index in [9.17, 15) is 0 Å². The Morgan fingerprint density at radius 1 is 0.875 bits per heavy atom. The van der Waals surface area contributed by atoms with E-state index in [1.165, 1.54) is 18.1 Å². The predicted octanol–water partition coefficient (Wildman–Crippen LogP) is 4.54. The maximum atomic E-state index is 7.32. The van der Waals surface area contributed by atoms with Crippen molar-refractivity contribution in [3.63, 3.8) is 0 Å². The minimum Gasteiger partial charge on any atom is -0.199 e. The molecule has 0 fully saturated rings. The molecule has 0 aliphatic heterocycles. The lowest BCUT2D eigenvalue weighted by atomic mass is 10.1. The van der Waals surface area contributed by atoms with E-state index in [-0.39, 0.29) is 0 Å². The topological polar surface area (TPSA) is 23.8 Å². The molecule has 2 rings (SSSR count). The highest BCUT2D eigenvalue weighted by atomic mass is 35.5. The molecule has 0 N–H and O–H groups in total. The van der Waals surface area contributed by atoms with Crippen LogP contribution in [0.5, 0.6) is 0 Å². The smallest absolute Gasteiger partial charge is 0.0587 e. The molecule has 0 atom stereocenters. The Kier molecular flexibility index (Phi) is 5.11. The zero-order chi connectivity index (χ0) is 11.8. The second-order valence-electron chi connectivity index (χ2n) is 3.10. The molecule has 1 nitrogen and oxygen atoms in total. The molecule has 0 unspecified atom stereocenters. The lowest BCUT2D eigenvalue weighted by Gasteiger charge is -2.00. The zero-order valence-corrected chi connectivity index (χ0v) is 9.78. The molecule has 0 heterocycles. The first-order valence-electron chi connectivity index (χ1n) is 4.89. The van der Waals surface area contributed by atoms with Crippen LogP contribution in [-0.2, 0) is 0 Å². The first-order chi connectivity index (χ1) is 7.77. The van der Waals surface area contributed by atoms with Gasteiger partial charge in [0.15, 0.2) is 0 Å². The maximum Gasteiger partial charge on any atom is 0.0587 e. The molecule has 0 bridgehead atoms. The molecule has 0 saturated heterocycles. The summed E-state index contributed by atoms with van der Waals surface area (Å²) in [7, 11) is 0. The molecule has 0 aliphatic carbocycles. The number of nitriles is 1. The fraction of sp³-hybridized carbons (Fsp3) is 0.0714. The molecule has 0 amide bonds. The summed E-state index contributed by atoms with van der Waals surface area (Å²) in [5.74, 6) is 0. The van der Waals surface area contributed by atoms with Gasteiger partial charge in [-0.05, 0) is 23.3 Å². The third kappa shape index (κ3) is 3.76. The Labute approximate surface area is 101 Å². The highest BCUT2D eigenvalue weighted by molar-refractivity contribution is 6.30. The average Bonchev–Trinajstić information content (AvgIpc) is 2.32. The largest absolute Gasteiger partial charge is 0.199 e. The van der Waals surface area contributed by atoms with Crippen molar-refractivity contribution in [1.82, 2.24) is 0 Å². The summed E-state index contributed by atoms with van der Waals surface area (Å²) in [5.41, 5.74) is 2.42. The van der Waals surface area contributed by atoms with E-state index in [4.69, 9.17) is 16.9 Å². The quantitative estimate of drug-likeness (QED) is 0.705. The second kappa shape index (κ2) is 6.66. The van der Waals surface area contributed by atoms with Gasteiger partial charge in [0.25, 0.3) is 0 Å². The van der Waals surface area contributed by atoms with E-state index in [1.54, 1.807) is 6.07 Å². The molecule has 2 aromatic carbocycles. The van der Waals surface area contributed by atoms with Crippen LogP contribution < -0.4 is 0 Å². The van der Waals surface area contributed by atoms with E-state index in [0.717, 1.165) is 5.02 Å². The Morgan fingerprint density at radius 2 is 1.31 bits per heavy atom. The lowest BCUT2D eigenvalue weighted by molar-refractivity contribution is 1.49. The number of hydrogen-bond donors (Lipinski definition) is 0. The van der Waals surface area contributed by atoms with Crippen molar-refractivity contribution >= 4 is 11.6 Å². The maximum absolute atomic E-state index is 7.32. The fourth-order valence-corrected chi connectivity index (χ4v) is 1.40. The molecular formula is C14H12ClN. The number of rotatable bonds is 1. The first kappa shape index (κ1) is 12.3. The van der Waals surface area contributed by atoms with Gasteiger partial charge in [0.1, 0.15) is 0 Å². The molecule has 2 aromatic rings. The van der Waals surface area contributed by atoms with Crippen molar-refractivity contribution < 1.29 is 0 Å². The van der Waals surface area contributed by atoms with Crippen LogP contribution in [0, 0.1) is 11.3 Å². The van der Waals surface area contributed by atoms with Gasteiger partial charge in [0.2, 0.25) is 0 Å². The molecule has 16 heavy (non-hydrogen) atoms. The zero-order valence-electron chi connectivity index (χ0n) is 9.02. The lowest BCUT2D eigenvalue weighted by Crippen LogP contribution is -1.74. The minimum absolute atomic E-state index is 0.777. The van der Waals surface area contributed by atoms with Gasteiger partial charge >= 0.3 is 0 Å². The summed E-state index contributed by atoms with van der Waals surface area (Å²) in [5, 5.41) is 8.10. The van der Waals surface area contributed by atoms with Gasteiger partial charge in [-0.25, -0.2) is 0 Å². The van der Waals surface area contributed by atoms with Gasteiger partial charge in [-0.1, -0.05) is 54.1 Å². The van der Waals surface area contributed by atoms with Crippen LogP contribution in [-0.4, -0.2) is 0 Å². The molecule has 0 saturated carbocycles. The predicted molar refractivity (Wildman–Crippen MR) is 68.2 cm³/mol. The SMILES string of the molecule is CC#N.Clc1ccc(-c2ccccc2)cc1. The summed E-state index contributed by atoms with van der Waals surface area (Å²) in [6.07, 6.45) is 0. The highest BCUT2D eigenvalue weighted by Crippen LogP contribution is 2.20. The minimum atomic E-state index is 0.777.